The molecule has 2 aliphatic heterocycles. The van der Waals surface area contributed by atoms with Gasteiger partial charge >= 0.3 is 0 Å². The summed E-state index contributed by atoms with van der Waals surface area (Å²) in [7, 11) is 0. The molecule has 104 valence electrons. The Morgan fingerprint density at radius 1 is 1.58 bits per heavy atom. The molecule has 19 heavy (non-hydrogen) atoms. The second kappa shape index (κ2) is 5.81. The summed E-state index contributed by atoms with van der Waals surface area (Å²) in [5.41, 5.74) is 2.61. The minimum atomic E-state index is 0.166. The molecule has 1 spiro atoms. The molecule has 0 bridgehead atoms. The third-order valence-corrected chi connectivity index (χ3v) is 5.46. The van der Waals surface area contributed by atoms with Crippen LogP contribution in [0.25, 0.3) is 0 Å². The van der Waals surface area contributed by atoms with Crippen molar-refractivity contribution < 1.29 is 4.74 Å². The summed E-state index contributed by atoms with van der Waals surface area (Å²) in [5.74, 6) is 2.43. The number of pyridine rings is 1. The topological polar surface area (TPSA) is 34.2 Å². The fraction of sp³-hybridized carbons (Fsp3) is 0.667. The molecule has 1 N–H and O–H groups in total. The van der Waals surface area contributed by atoms with Gasteiger partial charge in [-0.25, -0.2) is 0 Å². The smallest absolute Gasteiger partial charge is 0.0795 e. The van der Waals surface area contributed by atoms with Crippen LogP contribution in [-0.2, 0) is 11.3 Å². The maximum atomic E-state index is 6.06. The molecule has 0 saturated carbocycles. The summed E-state index contributed by atoms with van der Waals surface area (Å²) in [6.45, 7) is 3.91. The van der Waals surface area contributed by atoms with Crippen molar-refractivity contribution in [3.63, 3.8) is 0 Å². The molecule has 0 aromatic carbocycles. The number of nitrogens with zero attached hydrogens (tertiary/aromatic N) is 1. The van der Waals surface area contributed by atoms with Gasteiger partial charge in [0.15, 0.2) is 0 Å². The highest BCUT2D eigenvalue weighted by atomic mass is 32.2. The van der Waals surface area contributed by atoms with Crippen molar-refractivity contribution in [1.29, 1.82) is 0 Å². The van der Waals surface area contributed by atoms with Gasteiger partial charge in [0.2, 0.25) is 0 Å². The minimum Gasteiger partial charge on any atom is -0.374 e. The van der Waals surface area contributed by atoms with Crippen LogP contribution in [0, 0.1) is 6.92 Å². The van der Waals surface area contributed by atoms with Crippen molar-refractivity contribution in [2.24, 2.45) is 0 Å². The van der Waals surface area contributed by atoms with Crippen LogP contribution in [0.15, 0.2) is 18.3 Å². The maximum Gasteiger partial charge on any atom is 0.0795 e. The van der Waals surface area contributed by atoms with Crippen molar-refractivity contribution in [2.75, 3.05) is 18.1 Å². The highest BCUT2D eigenvalue weighted by Crippen LogP contribution is 2.38. The molecular formula is C15H22N2OS. The Hall–Kier alpha value is -0.580. The maximum absolute atomic E-state index is 6.06. The average Bonchev–Trinajstić information content (AvgIpc) is 2.86. The van der Waals surface area contributed by atoms with Crippen LogP contribution in [-0.4, -0.2) is 34.7 Å². The average molecular weight is 278 g/mol. The van der Waals surface area contributed by atoms with E-state index in [9.17, 15) is 0 Å². The standard InChI is InChI=1S/C15H22N2OS/c1-12-3-2-6-16-14(12)10-17-13-4-7-18-15(9-13)5-8-19-11-15/h2-3,6,13,17H,4-5,7-11H2,1H3. The van der Waals surface area contributed by atoms with Crippen molar-refractivity contribution in [3.8, 4) is 0 Å². The van der Waals surface area contributed by atoms with Crippen LogP contribution in [0.4, 0.5) is 0 Å². The lowest BCUT2D eigenvalue weighted by Crippen LogP contribution is -2.47. The van der Waals surface area contributed by atoms with Gasteiger partial charge in [-0.15, -0.1) is 0 Å². The largest absolute Gasteiger partial charge is 0.374 e. The Morgan fingerprint density at radius 2 is 2.53 bits per heavy atom. The molecule has 3 heterocycles. The number of hydrogen-bond donors (Lipinski definition) is 1. The van der Waals surface area contributed by atoms with Crippen molar-refractivity contribution >= 4 is 11.8 Å². The lowest BCUT2D eigenvalue weighted by Gasteiger charge is -2.38. The van der Waals surface area contributed by atoms with E-state index in [-0.39, 0.29) is 5.60 Å². The van der Waals surface area contributed by atoms with Gasteiger partial charge in [0.1, 0.15) is 0 Å². The quantitative estimate of drug-likeness (QED) is 0.921. The molecule has 2 fully saturated rings. The lowest BCUT2D eigenvalue weighted by atomic mass is 9.90. The van der Waals surface area contributed by atoms with Crippen LogP contribution in [0.5, 0.6) is 0 Å². The first-order valence-corrected chi connectivity index (χ1v) is 8.28. The zero-order chi connectivity index (χ0) is 13.1. The summed E-state index contributed by atoms with van der Waals surface area (Å²) < 4.78 is 6.06. The first kappa shape index (κ1) is 13.4. The number of nitrogens with one attached hydrogen (secondary N) is 1. The van der Waals surface area contributed by atoms with E-state index in [2.05, 4.69) is 23.3 Å². The summed E-state index contributed by atoms with van der Waals surface area (Å²) in [4.78, 5) is 4.45. The molecule has 1 aromatic heterocycles. The van der Waals surface area contributed by atoms with E-state index in [1.54, 1.807) is 0 Å². The molecule has 4 heteroatoms. The number of rotatable bonds is 3. The van der Waals surface area contributed by atoms with Crippen LogP contribution in [0.2, 0.25) is 0 Å². The Bertz CT molecular complexity index is 432. The summed E-state index contributed by atoms with van der Waals surface area (Å²) in [6.07, 6.45) is 5.38. The van der Waals surface area contributed by atoms with Gasteiger partial charge in [-0.1, -0.05) is 6.07 Å². The summed E-state index contributed by atoms with van der Waals surface area (Å²) in [5, 5.41) is 3.68. The van der Waals surface area contributed by atoms with Gasteiger partial charge in [-0.2, -0.15) is 11.8 Å². The van der Waals surface area contributed by atoms with E-state index in [4.69, 9.17) is 4.74 Å². The van der Waals surface area contributed by atoms with Crippen LogP contribution >= 0.6 is 11.8 Å². The number of aromatic nitrogens is 1. The monoisotopic (exact) mass is 278 g/mol. The molecular weight excluding hydrogens is 256 g/mol. The van der Waals surface area contributed by atoms with Crippen LogP contribution in [0.1, 0.15) is 30.5 Å². The number of aryl methyl sites for hydroxylation is 1. The number of thioether (sulfide) groups is 1. The van der Waals surface area contributed by atoms with Gasteiger partial charge in [-0.3, -0.25) is 4.98 Å². The van der Waals surface area contributed by atoms with Crippen molar-refractivity contribution in [1.82, 2.24) is 10.3 Å². The van der Waals surface area contributed by atoms with E-state index >= 15 is 0 Å². The summed E-state index contributed by atoms with van der Waals surface area (Å²) >= 11 is 2.03. The van der Waals surface area contributed by atoms with E-state index < -0.39 is 0 Å². The Kier molecular flexibility index (Phi) is 4.10. The van der Waals surface area contributed by atoms with E-state index in [0.717, 1.165) is 26.0 Å². The number of hydrogen-bond acceptors (Lipinski definition) is 4. The highest BCUT2D eigenvalue weighted by molar-refractivity contribution is 7.99. The molecule has 2 unspecified atom stereocenters. The predicted octanol–water partition coefficient (Wildman–Crippen LogP) is 2.53. The third-order valence-electron chi connectivity index (χ3n) is 4.24. The molecule has 0 radical (unpaired) electrons. The normalized spacial score (nSPS) is 30.9. The zero-order valence-corrected chi connectivity index (χ0v) is 12.3. The first-order valence-electron chi connectivity index (χ1n) is 7.13. The van der Waals surface area contributed by atoms with E-state index in [1.165, 1.54) is 29.2 Å². The Balaban J connectivity index is 1.57. The minimum absolute atomic E-state index is 0.166. The van der Waals surface area contributed by atoms with Gasteiger partial charge in [0.05, 0.1) is 11.3 Å². The SMILES string of the molecule is Cc1cccnc1CNC1CCOC2(CCSC2)C1. The third kappa shape index (κ3) is 3.12. The van der Waals surface area contributed by atoms with Crippen molar-refractivity contribution in [2.45, 2.75) is 44.4 Å². The Morgan fingerprint density at radius 3 is 3.32 bits per heavy atom. The molecule has 0 aliphatic carbocycles. The van der Waals surface area contributed by atoms with Gasteiger partial charge in [0, 0.05) is 31.1 Å². The summed E-state index contributed by atoms with van der Waals surface area (Å²) in [6, 6.07) is 4.70. The molecule has 1 aromatic rings. The fourth-order valence-corrected chi connectivity index (χ4v) is 4.39. The fourth-order valence-electron chi connectivity index (χ4n) is 3.01. The first-order chi connectivity index (χ1) is 9.27. The van der Waals surface area contributed by atoms with E-state index in [0.29, 0.717) is 6.04 Å². The molecule has 2 saturated heterocycles. The molecule has 0 amide bonds. The molecule has 3 rings (SSSR count). The Labute approximate surface area is 119 Å². The van der Waals surface area contributed by atoms with Gasteiger partial charge in [0.25, 0.3) is 0 Å². The second-order valence-electron chi connectivity index (χ2n) is 5.67. The molecule has 3 nitrogen and oxygen atoms in total. The molecule has 2 atom stereocenters. The van der Waals surface area contributed by atoms with Crippen molar-refractivity contribution in [3.05, 3.63) is 29.6 Å². The number of ether oxygens (including phenoxy) is 1. The van der Waals surface area contributed by atoms with Crippen LogP contribution in [0.3, 0.4) is 0 Å². The van der Waals surface area contributed by atoms with Crippen LogP contribution < -0.4 is 5.32 Å². The lowest BCUT2D eigenvalue weighted by molar-refractivity contribution is -0.0703. The zero-order valence-electron chi connectivity index (χ0n) is 11.5. The van der Waals surface area contributed by atoms with E-state index in [1.807, 2.05) is 24.0 Å². The predicted molar refractivity (Wildman–Crippen MR) is 79.5 cm³/mol. The molecule has 2 aliphatic rings. The van der Waals surface area contributed by atoms with Gasteiger partial charge in [-0.05, 0) is 43.6 Å². The second-order valence-corrected chi connectivity index (χ2v) is 6.78. The van der Waals surface area contributed by atoms with Gasteiger partial charge < -0.3 is 10.1 Å². The highest BCUT2D eigenvalue weighted by Gasteiger charge is 2.40.